The Hall–Kier alpha value is -0.570. The molecular weight excluding hydrogens is 178 g/mol. The normalized spacial score (nSPS) is 19.6. The Morgan fingerprint density at radius 1 is 1.50 bits per heavy atom. The molecule has 14 heavy (non-hydrogen) atoms. The van der Waals surface area contributed by atoms with Crippen LogP contribution in [-0.2, 0) is 9.53 Å². The third-order valence-electron chi connectivity index (χ3n) is 2.86. The summed E-state index contributed by atoms with van der Waals surface area (Å²) in [5.74, 6) is -0.112. The van der Waals surface area contributed by atoms with Crippen molar-refractivity contribution in [3.8, 4) is 0 Å². The third kappa shape index (κ3) is 3.29. The quantitative estimate of drug-likeness (QED) is 0.687. The summed E-state index contributed by atoms with van der Waals surface area (Å²) in [4.78, 5) is 11.4. The van der Waals surface area contributed by atoms with Crippen LogP contribution >= 0.6 is 0 Å². The highest BCUT2D eigenvalue weighted by molar-refractivity contribution is 5.75. The van der Waals surface area contributed by atoms with Crippen LogP contribution in [0.5, 0.6) is 0 Å². The zero-order valence-corrected chi connectivity index (χ0v) is 9.21. The summed E-state index contributed by atoms with van der Waals surface area (Å²) in [6, 6.07) is 0.443. The van der Waals surface area contributed by atoms with Crippen molar-refractivity contribution in [2.75, 3.05) is 7.11 Å². The predicted molar refractivity (Wildman–Crippen MR) is 56.1 cm³/mol. The Labute approximate surface area is 86.2 Å². The lowest BCUT2D eigenvalue weighted by molar-refractivity contribution is -0.143. The summed E-state index contributed by atoms with van der Waals surface area (Å²) in [5, 5.41) is 3.39. The van der Waals surface area contributed by atoms with E-state index in [0.29, 0.717) is 6.04 Å². The van der Waals surface area contributed by atoms with Crippen molar-refractivity contribution in [2.45, 2.75) is 57.5 Å². The van der Waals surface area contributed by atoms with E-state index in [9.17, 15) is 4.79 Å². The molecule has 1 aliphatic rings. The van der Waals surface area contributed by atoms with E-state index in [0.717, 1.165) is 12.8 Å². The highest BCUT2D eigenvalue weighted by Gasteiger charge is 2.23. The molecule has 1 N–H and O–H groups in total. The maximum absolute atomic E-state index is 11.4. The molecule has 0 aromatic rings. The number of ether oxygens (including phenoxy) is 1. The summed E-state index contributed by atoms with van der Waals surface area (Å²) in [7, 11) is 1.46. The largest absolute Gasteiger partial charge is 0.468 e. The number of carbonyl (C=O) groups is 1. The second-order valence-corrected chi connectivity index (χ2v) is 4.01. The molecule has 1 saturated carbocycles. The minimum atomic E-state index is -0.112. The molecule has 1 fully saturated rings. The van der Waals surface area contributed by atoms with Crippen molar-refractivity contribution in [1.82, 2.24) is 5.32 Å². The Morgan fingerprint density at radius 2 is 2.14 bits per heavy atom. The first kappa shape index (κ1) is 11.5. The van der Waals surface area contributed by atoms with E-state index in [2.05, 4.69) is 12.2 Å². The second-order valence-electron chi connectivity index (χ2n) is 4.01. The molecule has 1 rings (SSSR count). The van der Waals surface area contributed by atoms with E-state index in [1.165, 1.54) is 32.8 Å². The van der Waals surface area contributed by atoms with Gasteiger partial charge in [0.15, 0.2) is 0 Å². The first-order chi connectivity index (χ1) is 6.77. The van der Waals surface area contributed by atoms with Crippen LogP contribution in [0.2, 0.25) is 0 Å². The predicted octanol–water partition coefficient (Wildman–Crippen LogP) is 1.86. The smallest absolute Gasteiger partial charge is 0.322 e. The van der Waals surface area contributed by atoms with Crippen molar-refractivity contribution in [1.29, 1.82) is 0 Å². The fourth-order valence-corrected chi connectivity index (χ4v) is 2.08. The number of hydrogen-bond donors (Lipinski definition) is 1. The fraction of sp³-hybridized carbons (Fsp3) is 0.909. The molecule has 0 heterocycles. The van der Waals surface area contributed by atoms with Gasteiger partial charge in [-0.3, -0.25) is 4.79 Å². The van der Waals surface area contributed by atoms with Crippen molar-refractivity contribution in [3.05, 3.63) is 0 Å². The van der Waals surface area contributed by atoms with Crippen LogP contribution < -0.4 is 5.32 Å². The van der Waals surface area contributed by atoms with Crippen LogP contribution in [0.4, 0.5) is 0 Å². The van der Waals surface area contributed by atoms with Gasteiger partial charge in [0.25, 0.3) is 0 Å². The third-order valence-corrected chi connectivity index (χ3v) is 2.86. The van der Waals surface area contributed by atoms with Crippen LogP contribution in [0.25, 0.3) is 0 Å². The van der Waals surface area contributed by atoms with E-state index < -0.39 is 0 Å². The van der Waals surface area contributed by atoms with Gasteiger partial charge in [-0.15, -0.1) is 0 Å². The Balaban J connectivity index is 2.37. The zero-order chi connectivity index (χ0) is 10.4. The van der Waals surface area contributed by atoms with E-state index in [1.54, 1.807) is 0 Å². The van der Waals surface area contributed by atoms with Gasteiger partial charge in [0.2, 0.25) is 0 Å². The van der Waals surface area contributed by atoms with Crippen molar-refractivity contribution >= 4 is 5.97 Å². The molecule has 0 aromatic heterocycles. The average Bonchev–Trinajstić information content (AvgIpc) is 2.68. The first-order valence-corrected chi connectivity index (χ1v) is 5.61. The van der Waals surface area contributed by atoms with Gasteiger partial charge in [-0.05, 0) is 19.3 Å². The molecule has 0 aromatic carbocycles. The lowest BCUT2D eigenvalue weighted by Gasteiger charge is -2.20. The van der Waals surface area contributed by atoms with Crippen LogP contribution in [0.15, 0.2) is 0 Å². The fourth-order valence-electron chi connectivity index (χ4n) is 2.08. The molecule has 0 unspecified atom stereocenters. The summed E-state index contributed by atoms with van der Waals surface area (Å²) < 4.78 is 4.77. The van der Waals surface area contributed by atoms with Crippen LogP contribution in [0, 0.1) is 0 Å². The molecule has 1 atom stereocenters. The molecule has 0 radical (unpaired) electrons. The maximum Gasteiger partial charge on any atom is 0.322 e. The highest BCUT2D eigenvalue weighted by Crippen LogP contribution is 2.18. The topological polar surface area (TPSA) is 38.3 Å². The summed E-state index contributed by atoms with van der Waals surface area (Å²) in [6.07, 6.45) is 6.88. The lowest BCUT2D eigenvalue weighted by Crippen LogP contribution is -2.42. The van der Waals surface area contributed by atoms with Crippen LogP contribution in [-0.4, -0.2) is 25.2 Å². The van der Waals surface area contributed by atoms with Crippen LogP contribution in [0.3, 0.4) is 0 Å². The summed E-state index contributed by atoms with van der Waals surface area (Å²) in [6.45, 7) is 2.09. The van der Waals surface area contributed by atoms with E-state index >= 15 is 0 Å². The molecular formula is C11H21NO2. The first-order valence-electron chi connectivity index (χ1n) is 5.61. The lowest BCUT2D eigenvalue weighted by atomic mass is 10.1. The van der Waals surface area contributed by atoms with Gasteiger partial charge in [-0.1, -0.05) is 26.2 Å². The van der Waals surface area contributed by atoms with E-state index in [1.807, 2.05) is 0 Å². The van der Waals surface area contributed by atoms with Crippen molar-refractivity contribution in [3.63, 3.8) is 0 Å². The molecule has 0 saturated heterocycles. The van der Waals surface area contributed by atoms with E-state index in [-0.39, 0.29) is 12.0 Å². The molecule has 1 aliphatic carbocycles. The standard InChI is InChI=1S/C11H21NO2/c1-3-6-10(11(13)14-2)12-9-7-4-5-8-9/h9-10,12H,3-8H2,1-2H3/t10-/m1/s1. The average molecular weight is 199 g/mol. The molecule has 82 valence electrons. The Kier molecular flexibility index (Phi) is 4.94. The van der Waals surface area contributed by atoms with Gasteiger partial charge >= 0.3 is 5.97 Å². The molecule has 0 aliphatic heterocycles. The van der Waals surface area contributed by atoms with Crippen molar-refractivity contribution < 1.29 is 9.53 Å². The number of nitrogens with one attached hydrogen (secondary N) is 1. The van der Waals surface area contributed by atoms with Crippen molar-refractivity contribution in [2.24, 2.45) is 0 Å². The minimum Gasteiger partial charge on any atom is -0.468 e. The molecule has 3 heteroatoms. The SMILES string of the molecule is CCC[C@@H](NC1CCCC1)C(=O)OC. The molecule has 0 bridgehead atoms. The maximum atomic E-state index is 11.4. The summed E-state index contributed by atoms with van der Waals surface area (Å²) >= 11 is 0. The van der Waals surface area contributed by atoms with Gasteiger partial charge in [0, 0.05) is 6.04 Å². The Morgan fingerprint density at radius 3 is 2.64 bits per heavy atom. The minimum absolute atomic E-state index is 0.0897. The molecule has 3 nitrogen and oxygen atoms in total. The van der Waals surface area contributed by atoms with Gasteiger partial charge < -0.3 is 10.1 Å². The van der Waals surface area contributed by atoms with Gasteiger partial charge in [-0.2, -0.15) is 0 Å². The Bertz CT molecular complexity index is 176. The number of rotatable bonds is 5. The number of methoxy groups -OCH3 is 1. The highest BCUT2D eigenvalue weighted by atomic mass is 16.5. The summed E-state index contributed by atoms with van der Waals surface area (Å²) in [5.41, 5.74) is 0. The van der Waals surface area contributed by atoms with Gasteiger partial charge in [-0.25, -0.2) is 0 Å². The second kappa shape index (κ2) is 6.02. The number of carbonyl (C=O) groups excluding carboxylic acids is 1. The van der Waals surface area contributed by atoms with Gasteiger partial charge in [0.05, 0.1) is 7.11 Å². The zero-order valence-electron chi connectivity index (χ0n) is 9.21. The molecule has 0 amide bonds. The van der Waals surface area contributed by atoms with E-state index in [4.69, 9.17) is 4.74 Å². The monoisotopic (exact) mass is 199 g/mol. The molecule has 0 spiro atoms. The van der Waals surface area contributed by atoms with Gasteiger partial charge in [0.1, 0.15) is 6.04 Å². The number of hydrogen-bond acceptors (Lipinski definition) is 3. The van der Waals surface area contributed by atoms with Crippen LogP contribution in [0.1, 0.15) is 45.4 Å². The number of esters is 1.